The fourth-order valence-electron chi connectivity index (χ4n) is 2.09. The molecule has 2 amide bonds. The van der Waals surface area contributed by atoms with Crippen molar-refractivity contribution in [1.82, 2.24) is 0 Å². The lowest BCUT2D eigenvalue weighted by atomic mass is 10.2. The Balaban J connectivity index is 2.76. The third-order valence-corrected chi connectivity index (χ3v) is 5.85. The van der Waals surface area contributed by atoms with Gasteiger partial charge in [0, 0.05) is 27.4 Å². The minimum atomic E-state index is -0.0280. The largest absolute Gasteiger partial charge is 0.325 e. The highest BCUT2D eigenvalue weighted by atomic mass is 32.2. The van der Waals surface area contributed by atoms with E-state index >= 15 is 0 Å². The molecule has 146 valence electrons. The second kappa shape index (κ2) is 9.70. The van der Waals surface area contributed by atoms with E-state index in [-0.39, 0.29) is 21.3 Å². The van der Waals surface area contributed by atoms with Gasteiger partial charge in [-0.15, -0.1) is 23.5 Å². The van der Waals surface area contributed by atoms with Crippen LogP contribution in [-0.2, 0) is 9.59 Å². The van der Waals surface area contributed by atoms with Crippen molar-refractivity contribution >= 4 is 46.7 Å². The number of benzene rings is 1. The van der Waals surface area contributed by atoms with Crippen LogP contribution in [0.25, 0.3) is 0 Å². The van der Waals surface area contributed by atoms with Crippen LogP contribution in [0, 0.1) is 0 Å². The molecular weight excluding hydrogens is 364 g/mol. The molecular formula is C20H32N2O2S2. The van der Waals surface area contributed by atoms with E-state index in [0.29, 0.717) is 18.1 Å². The van der Waals surface area contributed by atoms with Crippen LogP contribution in [0.15, 0.2) is 24.3 Å². The van der Waals surface area contributed by atoms with Gasteiger partial charge in [0.05, 0.1) is 11.5 Å². The van der Waals surface area contributed by atoms with E-state index in [4.69, 9.17) is 0 Å². The summed E-state index contributed by atoms with van der Waals surface area (Å²) in [6.45, 7) is 15.1. The van der Waals surface area contributed by atoms with E-state index < -0.39 is 0 Å². The van der Waals surface area contributed by atoms with Crippen molar-refractivity contribution in [2.24, 2.45) is 0 Å². The van der Waals surface area contributed by atoms with Gasteiger partial charge in [-0.1, -0.05) is 47.6 Å². The molecule has 0 radical (unpaired) electrons. The first-order chi connectivity index (χ1) is 11.9. The van der Waals surface area contributed by atoms with Crippen LogP contribution in [0.3, 0.4) is 0 Å². The van der Waals surface area contributed by atoms with Crippen LogP contribution in [0.4, 0.5) is 11.4 Å². The van der Waals surface area contributed by atoms with E-state index in [9.17, 15) is 9.59 Å². The van der Waals surface area contributed by atoms with E-state index in [1.807, 2.05) is 31.2 Å². The zero-order chi connectivity index (χ0) is 20.0. The summed E-state index contributed by atoms with van der Waals surface area (Å²) in [6, 6.07) is 7.49. The molecule has 0 unspecified atom stereocenters. The fraction of sp³-hybridized carbons (Fsp3) is 0.600. The molecule has 0 aliphatic heterocycles. The van der Waals surface area contributed by atoms with E-state index in [1.165, 1.54) is 0 Å². The van der Waals surface area contributed by atoms with Crippen LogP contribution in [0.5, 0.6) is 0 Å². The van der Waals surface area contributed by atoms with Crippen molar-refractivity contribution in [3.63, 3.8) is 0 Å². The highest BCUT2D eigenvalue weighted by Crippen LogP contribution is 2.26. The molecule has 0 aromatic heterocycles. The molecule has 0 heterocycles. The topological polar surface area (TPSA) is 49.4 Å². The molecule has 0 fully saturated rings. The number of thioether (sulfide) groups is 2. The third kappa shape index (κ3) is 8.99. The molecule has 0 saturated heterocycles. The smallest absolute Gasteiger partial charge is 0.236 e. The van der Waals surface area contributed by atoms with Gasteiger partial charge in [-0.2, -0.15) is 0 Å². The predicted molar refractivity (Wildman–Crippen MR) is 118 cm³/mol. The van der Waals surface area contributed by atoms with Crippen molar-refractivity contribution in [2.75, 3.05) is 28.3 Å². The van der Waals surface area contributed by atoms with Crippen molar-refractivity contribution < 1.29 is 9.59 Å². The summed E-state index contributed by atoms with van der Waals surface area (Å²) in [5.74, 6) is 0.904. The van der Waals surface area contributed by atoms with Gasteiger partial charge in [0.1, 0.15) is 0 Å². The first-order valence-corrected chi connectivity index (χ1v) is 10.9. The standard InChI is InChI=1S/C20H32N2O2S2/c1-8-22(18(24)14-26-20(5,6)7)16-11-9-10-15(12-16)21-17(23)13-25-19(2,3)4/h9-12H,8,13-14H2,1-7H3,(H,21,23). The minimum absolute atomic E-state index is 0.0280. The lowest BCUT2D eigenvalue weighted by Gasteiger charge is -2.24. The maximum Gasteiger partial charge on any atom is 0.236 e. The van der Waals surface area contributed by atoms with Crippen molar-refractivity contribution in [3.05, 3.63) is 24.3 Å². The van der Waals surface area contributed by atoms with E-state index in [1.54, 1.807) is 28.4 Å². The molecule has 0 aliphatic carbocycles. The summed E-state index contributed by atoms with van der Waals surface area (Å²) < 4.78 is 0.102. The molecule has 1 rings (SSSR count). The monoisotopic (exact) mass is 396 g/mol. The molecule has 1 N–H and O–H groups in total. The molecule has 0 aliphatic rings. The number of anilines is 2. The maximum atomic E-state index is 12.6. The van der Waals surface area contributed by atoms with Crippen LogP contribution in [0.1, 0.15) is 48.5 Å². The number of carbonyl (C=O) groups excluding carboxylic acids is 2. The Kier molecular flexibility index (Phi) is 8.54. The first kappa shape index (κ1) is 22.9. The van der Waals surface area contributed by atoms with Crippen LogP contribution < -0.4 is 10.2 Å². The van der Waals surface area contributed by atoms with E-state index in [0.717, 1.165) is 11.4 Å². The molecule has 0 spiro atoms. The first-order valence-electron chi connectivity index (χ1n) is 8.89. The maximum absolute atomic E-state index is 12.6. The highest BCUT2D eigenvalue weighted by molar-refractivity contribution is 8.01. The molecule has 26 heavy (non-hydrogen) atoms. The minimum Gasteiger partial charge on any atom is -0.325 e. The Morgan fingerprint density at radius 2 is 1.58 bits per heavy atom. The van der Waals surface area contributed by atoms with Crippen LogP contribution in [-0.4, -0.2) is 39.4 Å². The quantitative estimate of drug-likeness (QED) is 0.701. The van der Waals surface area contributed by atoms with Gasteiger partial charge in [-0.3, -0.25) is 9.59 Å². The van der Waals surface area contributed by atoms with Crippen LogP contribution in [0.2, 0.25) is 0 Å². The summed E-state index contributed by atoms with van der Waals surface area (Å²) in [5, 5.41) is 2.93. The van der Waals surface area contributed by atoms with Crippen molar-refractivity contribution in [2.45, 2.75) is 58.0 Å². The molecule has 0 saturated carbocycles. The Morgan fingerprint density at radius 1 is 1.00 bits per heavy atom. The predicted octanol–water partition coefficient (Wildman–Crippen LogP) is 5.04. The Labute approximate surface area is 166 Å². The summed E-state index contributed by atoms with van der Waals surface area (Å²) in [7, 11) is 0. The molecule has 0 bridgehead atoms. The molecule has 4 nitrogen and oxygen atoms in total. The van der Waals surface area contributed by atoms with Gasteiger partial charge in [0.15, 0.2) is 0 Å². The average Bonchev–Trinajstić information content (AvgIpc) is 2.51. The Morgan fingerprint density at radius 3 is 2.12 bits per heavy atom. The highest BCUT2D eigenvalue weighted by Gasteiger charge is 2.19. The number of hydrogen-bond donors (Lipinski definition) is 1. The Hall–Kier alpha value is -1.14. The second-order valence-corrected chi connectivity index (χ2v) is 11.6. The Bertz CT molecular complexity index is 619. The molecule has 0 atom stereocenters. The van der Waals surface area contributed by atoms with Gasteiger partial charge >= 0.3 is 0 Å². The van der Waals surface area contributed by atoms with Gasteiger partial charge in [-0.25, -0.2) is 0 Å². The van der Waals surface area contributed by atoms with Gasteiger partial charge in [-0.05, 0) is 25.1 Å². The number of carbonyl (C=O) groups is 2. The van der Waals surface area contributed by atoms with Gasteiger partial charge < -0.3 is 10.2 Å². The average molecular weight is 397 g/mol. The van der Waals surface area contributed by atoms with Gasteiger partial charge in [0.25, 0.3) is 0 Å². The number of hydrogen-bond acceptors (Lipinski definition) is 4. The summed E-state index contributed by atoms with van der Waals surface area (Å²) >= 11 is 3.25. The zero-order valence-corrected chi connectivity index (χ0v) is 18.6. The number of nitrogens with zero attached hydrogens (tertiary/aromatic N) is 1. The number of rotatable bonds is 7. The number of nitrogens with one attached hydrogen (secondary N) is 1. The summed E-state index contributed by atoms with van der Waals surface area (Å²) in [6.07, 6.45) is 0. The number of amides is 2. The third-order valence-electron chi connectivity index (χ3n) is 3.32. The molecule has 1 aromatic rings. The lowest BCUT2D eigenvalue weighted by molar-refractivity contribution is -0.116. The molecule has 1 aromatic carbocycles. The van der Waals surface area contributed by atoms with Crippen LogP contribution >= 0.6 is 23.5 Å². The SMILES string of the molecule is CCN(C(=O)CSC(C)(C)C)c1cccc(NC(=O)CSC(C)(C)C)c1. The second-order valence-electron chi connectivity index (χ2n) is 8.04. The van der Waals surface area contributed by atoms with Crippen molar-refractivity contribution in [3.8, 4) is 0 Å². The van der Waals surface area contributed by atoms with Crippen molar-refractivity contribution in [1.29, 1.82) is 0 Å². The lowest BCUT2D eigenvalue weighted by Crippen LogP contribution is -2.33. The van der Waals surface area contributed by atoms with E-state index in [2.05, 4.69) is 46.9 Å². The fourth-order valence-corrected chi connectivity index (χ4v) is 3.44. The molecule has 6 heteroatoms. The normalized spacial score (nSPS) is 12.0. The summed E-state index contributed by atoms with van der Waals surface area (Å²) in [4.78, 5) is 26.5. The van der Waals surface area contributed by atoms with Gasteiger partial charge in [0.2, 0.25) is 11.8 Å². The zero-order valence-electron chi connectivity index (χ0n) is 17.0. The summed E-state index contributed by atoms with van der Waals surface area (Å²) in [5.41, 5.74) is 1.53.